The Balaban J connectivity index is 1.85. The summed E-state index contributed by atoms with van der Waals surface area (Å²) in [5, 5.41) is 6.79. The van der Waals surface area contributed by atoms with Crippen molar-refractivity contribution in [1.82, 2.24) is 15.2 Å². The van der Waals surface area contributed by atoms with Crippen LogP contribution in [0.1, 0.15) is 16.1 Å². The van der Waals surface area contributed by atoms with Crippen LogP contribution in [-0.4, -0.2) is 24.0 Å². The minimum Gasteiger partial charge on any atom is -0.315 e. The average molecular weight is 317 g/mol. The number of thiophene rings is 1. The van der Waals surface area contributed by atoms with Gasteiger partial charge < -0.3 is 5.32 Å². The first-order chi connectivity index (χ1) is 10.3. The Hall–Kier alpha value is -1.27. The predicted octanol–water partition coefficient (Wildman–Crippen LogP) is 3.71. The van der Waals surface area contributed by atoms with E-state index in [1.165, 1.54) is 20.5 Å². The standard InChI is InChI=1S/C16H19N3S2/c1-17-7-16-14(13-5-3-4-6-15(13)21-16)9-19(2)8-12-10-20-11-18-12/h3-6,10-11,17H,7-9H2,1-2H3. The predicted molar refractivity (Wildman–Crippen MR) is 91.9 cm³/mol. The Labute approximate surface area is 133 Å². The third kappa shape index (κ3) is 3.32. The summed E-state index contributed by atoms with van der Waals surface area (Å²) < 4.78 is 1.37. The van der Waals surface area contributed by atoms with Crippen molar-refractivity contribution in [2.24, 2.45) is 0 Å². The second-order valence-corrected chi connectivity index (χ2v) is 7.04. The van der Waals surface area contributed by atoms with Crippen LogP contribution in [0.15, 0.2) is 35.2 Å². The van der Waals surface area contributed by atoms with E-state index < -0.39 is 0 Å². The molecule has 2 heterocycles. The zero-order valence-corrected chi connectivity index (χ0v) is 13.9. The molecule has 21 heavy (non-hydrogen) atoms. The molecule has 0 aliphatic rings. The van der Waals surface area contributed by atoms with Gasteiger partial charge in [-0.15, -0.1) is 22.7 Å². The van der Waals surface area contributed by atoms with E-state index in [0.717, 1.165) is 25.3 Å². The van der Waals surface area contributed by atoms with Crippen molar-refractivity contribution in [2.75, 3.05) is 14.1 Å². The van der Waals surface area contributed by atoms with Gasteiger partial charge in [-0.2, -0.15) is 0 Å². The molecule has 1 aromatic carbocycles. The molecule has 0 atom stereocenters. The number of fused-ring (bicyclic) bond motifs is 1. The highest BCUT2D eigenvalue weighted by Crippen LogP contribution is 2.32. The maximum atomic E-state index is 4.37. The van der Waals surface area contributed by atoms with Gasteiger partial charge >= 0.3 is 0 Å². The second-order valence-electron chi connectivity index (χ2n) is 5.18. The normalized spacial score (nSPS) is 11.6. The van der Waals surface area contributed by atoms with Crippen LogP contribution in [0.25, 0.3) is 10.1 Å². The summed E-state index contributed by atoms with van der Waals surface area (Å²) in [5.41, 5.74) is 4.50. The van der Waals surface area contributed by atoms with Crippen molar-refractivity contribution in [3.8, 4) is 0 Å². The van der Waals surface area contributed by atoms with Gasteiger partial charge in [-0.25, -0.2) is 4.98 Å². The highest BCUT2D eigenvalue weighted by atomic mass is 32.1. The highest BCUT2D eigenvalue weighted by Gasteiger charge is 2.13. The van der Waals surface area contributed by atoms with Crippen molar-refractivity contribution < 1.29 is 0 Å². The molecule has 0 saturated heterocycles. The van der Waals surface area contributed by atoms with Crippen LogP contribution in [-0.2, 0) is 19.6 Å². The number of aromatic nitrogens is 1. The van der Waals surface area contributed by atoms with Crippen molar-refractivity contribution in [3.63, 3.8) is 0 Å². The molecule has 0 fully saturated rings. The zero-order chi connectivity index (χ0) is 14.7. The van der Waals surface area contributed by atoms with Crippen LogP contribution in [0.5, 0.6) is 0 Å². The van der Waals surface area contributed by atoms with Gasteiger partial charge in [-0.3, -0.25) is 4.90 Å². The molecule has 0 spiro atoms. The Kier molecular flexibility index (Phi) is 4.65. The van der Waals surface area contributed by atoms with Crippen molar-refractivity contribution in [2.45, 2.75) is 19.6 Å². The van der Waals surface area contributed by atoms with Crippen LogP contribution in [0, 0.1) is 0 Å². The molecule has 0 bridgehead atoms. The quantitative estimate of drug-likeness (QED) is 0.751. The lowest BCUT2D eigenvalue weighted by Crippen LogP contribution is -2.18. The molecular formula is C16H19N3S2. The fourth-order valence-electron chi connectivity index (χ4n) is 2.54. The maximum Gasteiger partial charge on any atom is 0.0795 e. The van der Waals surface area contributed by atoms with Gasteiger partial charge in [0, 0.05) is 34.6 Å². The Morgan fingerprint density at radius 3 is 2.86 bits per heavy atom. The topological polar surface area (TPSA) is 28.2 Å². The molecule has 0 saturated carbocycles. The number of thiazole rings is 1. The molecular weight excluding hydrogens is 298 g/mol. The number of hydrogen-bond donors (Lipinski definition) is 1. The summed E-state index contributed by atoms with van der Waals surface area (Å²) in [4.78, 5) is 8.14. The summed E-state index contributed by atoms with van der Waals surface area (Å²) >= 11 is 3.55. The Morgan fingerprint density at radius 1 is 1.24 bits per heavy atom. The van der Waals surface area contributed by atoms with Gasteiger partial charge in [-0.1, -0.05) is 18.2 Å². The molecule has 110 valence electrons. The van der Waals surface area contributed by atoms with E-state index in [1.807, 2.05) is 23.9 Å². The van der Waals surface area contributed by atoms with E-state index in [2.05, 4.69) is 51.9 Å². The van der Waals surface area contributed by atoms with Crippen LogP contribution < -0.4 is 5.32 Å². The van der Waals surface area contributed by atoms with E-state index in [0.29, 0.717) is 0 Å². The first kappa shape index (κ1) is 14.7. The lowest BCUT2D eigenvalue weighted by molar-refractivity contribution is 0.316. The zero-order valence-electron chi connectivity index (χ0n) is 12.3. The minimum atomic E-state index is 0.896. The molecule has 3 aromatic rings. The maximum absolute atomic E-state index is 4.37. The van der Waals surface area contributed by atoms with Crippen LogP contribution in [0.4, 0.5) is 0 Å². The van der Waals surface area contributed by atoms with Crippen LogP contribution in [0.3, 0.4) is 0 Å². The van der Waals surface area contributed by atoms with E-state index in [-0.39, 0.29) is 0 Å². The first-order valence-corrected chi connectivity index (χ1v) is 8.73. The van der Waals surface area contributed by atoms with Gasteiger partial charge in [0.05, 0.1) is 11.2 Å². The van der Waals surface area contributed by atoms with Gasteiger partial charge in [0.2, 0.25) is 0 Å². The molecule has 3 nitrogen and oxygen atoms in total. The molecule has 0 amide bonds. The number of hydrogen-bond acceptors (Lipinski definition) is 5. The molecule has 2 aromatic heterocycles. The number of rotatable bonds is 6. The monoisotopic (exact) mass is 317 g/mol. The van der Waals surface area contributed by atoms with Crippen molar-refractivity contribution in [3.05, 3.63) is 51.3 Å². The summed E-state index contributed by atoms with van der Waals surface area (Å²) in [7, 11) is 4.17. The van der Waals surface area contributed by atoms with Gasteiger partial charge in [0.25, 0.3) is 0 Å². The van der Waals surface area contributed by atoms with E-state index in [1.54, 1.807) is 11.3 Å². The summed E-state index contributed by atoms with van der Waals surface area (Å²) in [6.45, 7) is 2.78. The van der Waals surface area contributed by atoms with E-state index in [4.69, 9.17) is 0 Å². The fourth-order valence-corrected chi connectivity index (χ4v) is 4.32. The summed E-state index contributed by atoms with van der Waals surface area (Å²) in [6.07, 6.45) is 0. The largest absolute Gasteiger partial charge is 0.315 e. The van der Waals surface area contributed by atoms with Crippen LogP contribution in [0.2, 0.25) is 0 Å². The lowest BCUT2D eigenvalue weighted by atomic mass is 10.1. The molecule has 0 radical (unpaired) electrons. The molecule has 0 aliphatic heterocycles. The number of benzene rings is 1. The molecule has 5 heteroatoms. The lowest BCUT2D eigenvalue weighted by Gasteiger charge is -2.16. The van der Waals surface area contributed by atoms with Crippen molar-refractivity contribution in [1.29, 1.82) is 0 Å². The highest BCUT2D eigenvalue weighted by molar-refractivity contribution is 7.19. The summed E-state index contributed by atoms with van der Waals surface area (Å²) in [5.74, 6) is 0. The fraction of sp³-hybridized carbons (Fsp3) is 0.312. The minimum absolute atomic E-state index is 0.896. The Morgan fingerprint density at radius 2 is 2.10 bits per heavy atom. The summed E-state index contributed by atoms with van der Waals surface area (Å²) in [6, 6.07) is 8.69. The van der Waals surface area contributed by atoms with Crippen LogP contribution >= 0.6 is 22.7 Å². The second kappa shape index (κ2) is 6.66. The Bertz CT molecular complexity index is 703. The number of nitrogens with zero attached hydrogens (tertiary/aromatic N) is 2. The SMILES string of the molecule is CNCc1sc2ccccc2c1CN(C)Cc1cscn1. The molecule has 3 rings (SSSR count). The molecule has 1 N–H and O–H groups in total. The van der Waals surface area contributed by atoms with Gasteiger partial charge in [0.1, 0.15) is 0 Å². The molecule has 0 unspecified atom stereocenters. The van der Waals surface area contributed by atoms with Gasteiger partial charge in [0.15, 0.2) is 0 Å². The smallest absolute Gasteiger partial charge is 0.0795 e. The van der Waals surface area contributed by atoms with E-state index >= 15 is 0 Å². The average Bonchev–Trinajstić information content (AvgIpc) is 3.08. The van der Waals surface area contributed by atoms with E-state index in [9.17, 15) is 0 Å². The molecule has 0 aliphatic carbocycles. The van der Waals surface area contributed by atoms with Gasteiger partial charge in [-0.05, 0) is 31.1 Å². The first-order valence-electron chi connectivity index (χ1n) is 6.97. The third-order valence-electron chi connectivity index (χ3n) is 3.46. The van der Waals surface area contributed by atoms with Crippen molar-refractivity contribution >= 4 is 32.8 Å². The number of nitrogens with one attached hydrogen (secondary N) is 1. The third-order valence-corrected chi connectivity index (χ3v) is 5.31.